The Hall–Kier alpha value is -4.03. The van der Waals surface area contributed by atoms with Gasteiger partial charge in [0, 0.05) is 56.0 Å². The third kappa shape index (κ3) is 9.57. The Morgan fingerprint density at radius 1 is 0.939 bits per heavy atom. The highest BCUT2D eigenvalue weighted by Gasteiger charge is 2.32. The zero-order valence-electron chi connectivity index (χ0n) is 29.2. The molecule has 0 bridgehead atoms. The van der Waals surface area contributed by atoms with Crippen LogP contribution in [0.4, 0.5) is 16.2 Å². The summed E-state index contributed by atoms with van der Waals surface area (Å²) in [5.74, 6) is 1.29. The fourth-order valence-electron chi connectivity index (χ4n) is 6.75. The van der Waals surface area contributed by atoms with Crippen LogP contribution in [0.15, 0.2) is 36.4 Å². The monoisotopic (exact) mass is 680 g/mol. The summed E-state index contributed by atoms with van der Waals surface area (Å²) in [6.45, 7) is 6.93. The quantitative estimate of drug-likeness (QED) is 0.329. The first-order chi connectivity index (χ1) is 23.6. The maximum Gasteiger partial charge on any atom is 0.323 e. The van der Waals surface area contributed by atoms with Crippen LogP contribution in [0.2, 0.25) is 0 Å². The fraction of sp³-hybridized carbons (Fsp3) is 0.595. The number of benzene rings is 2. The van der Waals surface area contributed by atoms with E-state index >= 15 is 0 Å². The lowest BCUT2D eigenvalue weighted by atomic mass is 9.88. The van der Waals surface area contributed by atoms with Crippen molar-refractivity contribution in [2.75, 3.05) is 50.8 Å². The van der Waals surface area contributed by atoms with E-state index < -0.39 is 12.1 Å². The van der Waals surface area contributed by atoms with Gasteiger partial charge in [-0.2, -0.15) is 0 Å². The number of anilines is 2. The number of aliphatic hydroxyl groups excluding tert-OH is 1. The minimum Gasteiger partial charge on any atom is -0.490 e. The van der Waals surface area contributed by atoms with E-state index in [0.717, 1.165) is 44.9 Å². The number of carbonyl (C=O) groups excluding carboxylic acids is 3. The van der Waals surface area contributed by atoms with Crippen molar-refractivity contribution in [1.29, 1.82) is 0 Å². The molecule has 0 aromatic heterocycles. The summed E-state index contributed by atoms with van der Waals surface area (Å²) in [5, 5.41) is 15.9. The maximum atomic E-state index is 14.4. The lowest BCUT2D eigenvalue weighted by Crippen LogP contribution is -2.48. The van der Waals surface area contributed by atoms with Crippen LogP contribution >= 0.6 is 0 Å². The molecule has 1 fully saturated rings. The normalized spacial score (nSPS) is 22.7. The highest BCUT2D eigenvalue weighted by molar-refractivity contribution is 6.02. The molecule has 12 heteroatoms. The molecule has 2 aromatic carbocycles. The number of aliphatic hydroxyl groups is 1. The molecule has 3 N–H and O–H groups in total. The van der Waals surface area contributed by atoms with Crippen molar-refractivity contribution in [3.05, 3.63) is 42.0 Å². The maximum absolute atomic E-state index is 14.4. The van der Waals surface area contributed by atoms with Gasteiger partial charge in [0.15, 0.2) is 11.5 Å². The number of likely N-dealkylation sites (N-methyl/N-ethyl adjacent to an activating group) is 1. The van der Waals surface area contributed by atoms with E-state index in [9.17, 15) is 19.5 Å². The van der Waals surface area contributed by atoms with E-state index in [1.807, 2.05) is 20.9 Å². The van der Waals surface area contributed by atoms with Crippen LogP contribution < -0.4 is 24.8 Å². The molecular formula is C37H52N4O8. The van der Waals surface area contributed by atoms with Gasteiger partial charge in [-0.1, -0.05) is 26.2 Å². The molecule has 1 saturated carbocycles. The molecule has 0 radical (unpaired) electrons. The predicted octanol–water partition coefficient (Wildman–Crippen LogP) is 5.89. The predicted molar refractivity (Wildman–Crippen MR) is 186 cm³/mol. The third-order valence-electron chi connectivity index (χ3n) is 9.72. The van der Waals surface area contributed by atoms with Crippen molar-refractivity contribution in [1.82, 2.24) is 9.80 Å². The topological polar surface area (TPSA) is 139 Å². The summed E-state index contributed by atoms with van der Waals surface area (Å²) in [4.78, 5) is 44.2. The summed E-state index contributed by atoms with van der Waals surface area (Å²) in [5.41, 5.74) is 1.20. The van der Waals surface area contributed by atoms with Crippen LogP contribution in [-0.4, -0.2) is 91.1 Å². The molecular weight excluding hydrogens is 628 g/mol. The van der Waals surface area contributed by atoms with E-state index in [1.54, 1.807) is 53.1 Å². The van der Waals surface area contributed by atoms with Gasteiger partial charge in [-0.3, -0.25) is 9.59 Å². The molecule has 5 rings (SSSR count). The summed E-state index contributed by atoms with van der Waals surface area (Å²) in [6.07, 6.45) is 7.19. The van der Waals surface area contributed by atoms with E-state index in [0.29, 0.717) is 41.8 Å². The van der Waals surface area contributed by atoms with Gasteiger partial charge < -0.3 is 44.5 Å². The summed E-state index contributed by atoms with van der Waals surface area (Å²) >= 11 is 0. The number of ether oxygens (including phenoxy) is 4. The first-order valence-electron chi connectivity index (χ1n) is 17.7. The van der Waals surface area contributed by atoms with Crippen LogP contribution in [0.25, 0.3) is 0 Å². The molecule has 1 aliphatic carbocycles. The number of fused-ring (bicyclic) bond motifs is 2. The summed E-state index contributed by atoms with van der Waals surface area (Å²) < 4.78 is 23.5. The van der Waals surface area contributed by atoms with Gasteiger partial charge >= 0.3 is 6.03 Å². The van der Waals surface area contributed by atoms with E-state index in [2.05, 4.69) is 10.6 Å². The number of nitrogens with zero attached hydrogens (tertiary/aromatic N) is 2. The second kappa shape index (κ2) is 17.1. The number of amides is 4. The molecule has 2 heterocycles. The molecule has 0 saturated heterocycles. The van der Waals surface area contributed by atoms with Crippen molar-refractivity contribution in [2.45, 2.75) is 90.4 Å². The van der Waals surface area contributed by atoms with Gasteiger partial charge in [0.25, 0.3) is 5.91 Å². The average molecular weight is 681 g/mol. The molecule has 0 unspecified atom stereocenters. The molecule has 12 nitrogen and oxygen atoms in total. The van der Waals surface area contributed by atoms with Gasteiger partial charge in [0.2, 0.25) is 12.7 Å². The highest BCUT2D eigenvalue weighted by atomic mass is 16.7. The Labute approximate surface area is 289 Å². The largest absolute Gasteiger partial charge is 0.490 e. The molecule has 0 spiro atoms. The second-order valence-corrected chi connectivity index (χ2v) is 13.7. The van der Waals surface area contributed by atoms with Crippen molar-refractivity contribution in [2.24, 2.45) is 11.8 Å². The zero-order valence-corrected chi connectivity index (χ0v) is 29.2. The SMILES string of the molecule is C[C@@H]1CN([C@@H](C)CO)C(=O)c2cc(NC(=O)Nc3ccc4c(c3)OCO4)ccc2O[C@@H](C)CCCCO[C@H]1CN(C)C(=O)C1CCCCC1. The Kier molecular flexibility index (Phi) is 12.6. The Balaban J connectivity index is 1.36. The number of hydrogen-bond donors (Lipinski definition) is 3. The van der Waals surface area contributed by atoms with Crippen LogP contribution in [0.5, 0.6) is 17.2 Å². The first kappa shape index (κ1) is 36.3. The van der Waals surface area contributed by atoms with E-state index in [-0.39, 0.29) is 61.4 Å². The Morgan fingerprint density at radius 3 is 2.35 bits per heavy atom. The molecule has 4 amide bonds. The zero-order chi connectivity index (χ0) is 34.9. The van der Waals surface area contributed by atoms with Crippen molar-refractivity contribution < 1.29 is 38.4 Å². The number of hydrogen-bond acceptors (Lipinski definition) is 8. The van der Waals surface area contributed by atoms with Crippen LogP contribution in [-0.2, 0) is 9.53 Å². The lowest BCUT2D eigenvalue weighted by molar-refractivity contribution is -0.137. The molecule has 49 heavy (non-hydrogen) atoms. The van der Waals surface area contributed by atoms with Gasteiger partial charge in [-0.25, -0.2) is 4.79 Å². The molecule has 2 aromatic rings. The van der Waals surface area contributed by atoms with E-state index in [1.165, 1.54) is 6.42 Å². The minimum atomic E-state index is -0.513. The van der Waals surface area contributed by atoms with Crippen LogP contribution in [0.1, 0.15) is 82.5 Å². The second-order valence-electron chi connectivity index (χ2n) is 13.7. The smallest absolute Gasteiger partial charge is 0.323 e. The minimum absolute atomic E-state index is 0.0555. The average Bonchev–Trinajstić information content (AvgIpc) is 3.57. The van der Waals surface area contributed by atoms with Gasteiger partial charge in [0.05, 0.1) is 30.4 Å². The summed E-state index contributed by atoms with van der Waals surface area (Å²) in [6, 6.07) is 9.12. The molecule has 3 aliphatic rings. The number of urea groups is 1. The van der Waals surface area contributed by atoms with Crippen molar-refractivity contribution in [3.8, 4) is 17.2 Å². The Bertz CT molecular complexity index is 1450. The van der Waals surface area contributed by atoms with Crippen molar-refractivity contribution >= 4 is 29.2 Å². The lowest BCUT2D eigenvalue weighted by Gasteiger charge is -2.36. The molecule has 2 aliphatic heterocycles. The Morgan fingerprint density at radius 2 is 1.61 bits per heavy atom. The van der Waals surface area contributed by atoms with Gasteiger partial charge in [-0.05, 0) is 76.3 Å². The molecule has 4 atom stereocenters. The van der Waals surface area contributed by atoms with Crippen LogP contribution in [0, 0.1) is 11.8 Å². The van der Waals surface area contributed by atoms with Gasteiger partial charge in [0.1, 0.15) is 5.75 Å². The van der Waals surface area contributed by atoms with Crippen LogP contribution in [0.3, 0.4) is 0 Å². The number of nitrogens with one attached hydrogen (secondary N) is 2. The van der Waals surface area contributed by atoms with Crippen molar-refractivity contribution in [3.63, 3.8) is 0 Å². The van der Waals surface area contributed by atoms with Gasteiger partial charge in [-0.15, -0.1) is 0 Å². The highest BCUT2D eigenvalue weighted by Crippen LogP contribution is 2.34. The van der Waals surface area contributed by atoms with E-state index in [4.69, 9.17) is 18.9 Å². The summed E-state index contributed by atoms with van der Waals surface area (Å²) in [7, 11) is 1.85. The first-order valence-corrected chi connectivity index (χ1v) is 17.7. The standard InChI is InChI=1S/C37H52N4O8/c1-24-20-41(25(2)22-42)36(44)30-18-28(38-37(45)39-29-14-16-32-33(19-29)48-23-47-32)13-15-31(30)49-26(3)10-8-9-17-46-34(24)21-40(4)35(43)27-11-6-5-7-12-27/h13-16,18-19,24-27,34,42H,5-12,17,20-23H2,1-4H3,(H2,38,39,45)/t24-,25+,26+,34+/m1/s1. The number of rotatable bonds is 7. The molecule has 268 valence electrons. The fourth-order valence-corrected chi connectivity index (χ4v) is 6.75. The number of carbonyl (C=O) groups is 3. The third-order valence-corrected chi connectivity index (χ3v) is 9.72.